The van der Waals surface area contributed by atoms with Crippen LogP contribution in [0.2, 0.25) is 0 Å². The lowest BCUT2D eigenvalue weighted by molar-refractivity contribution is -0.101. The maximum atomic E-state index is 12.6. The number of rotatable bonds is 5. The minimum Gasteiger partial charge on any atom is -0.507 e. The summed E-state index contributed by atoms with van der Waals surface area (Å²) in [6.07, 6.45) is 0. The Bertz CT molecular complexity index is 1610. The van der Waals surface area contributed by atoms with Gasteiger partial charge >= 0.3 is 17.6 Å². The average Bonchev–Trinajstić information content (AvgIpc) is 3.19. The second-order valence-corrected chi connectivity index (χ2v) is 7.48. The van der Waals surface area contributed by atoms with Gasteiger partial charge in [0.25, 0.3) is 5.56 Å². The summed E-state index contributed by atoms with van der Waals surface area (Å²) in [7, 11) is 4.40. The maximum Gasteiger partial charge on any atom is 0.363 e. The van der Waals surface area contributed by atoms with E-state index in [0.717, 1.165) is 4.57 Å². The Kier molecular flexibility index (Phi) is 5.84. The zero-order chi connectivity index (χ0) is 25.4. The fourth-order valence-corrected chi connectivity index (χ4v) is 3.47. The highest BCUT2D eigenvalue weighted by Crippen LogP contribution is 2.27. The van der Waals surface area contributed by atoms with E-state index in [9.17, 15) is 29.4 Å². The quantitative estimate of drug-likeness (QED) is 0.341. The summed E-state index contributed by atoms with van der Waals surface area (Å²) in [5, 5.41) is 19.8. The van der Waals surface area contributed by atoms with Gasteiger partial charge in [-0.05, 0) is 30.3 Å². The molecule has 0 amide bonds. The van der Waals surface area contributed by atoms with Crippen LogP contribution in [0, 0.1) is 0 Å². The third-order valence-electron chi connectivity index (χ3n) is 5.34. The Morgan fingerprint density at radius 3 is 2.17 bits per heavy atom. The van der Waals surface area contributed by atoms with Gasteiger partial charge in [-0.1, -0.05) is 12.1 Å². The molecule has 0 radical (unpaired) electrons. The first-order valence-corrected chi connectivity index (χ1v) is 10.0. The van der Waals surface area contributed by atoms with Crippen LogP contribution in [0.15, 0.2) is 52.1 Å². The molecule has 180 valence electrons. The lowest BCUT2D eigenvalue weighted by Crippen LogP contribution is -2.37. The number of para-hydroxylation sites is 1. The standard InChI is InChI=1S/C22H19N5O8/c1-25-16-18(26(2)22(33)27(3)19(16)30)23-17(25)11-8-9-15(29)13(10-11)21(32)35-24-34-20(31)12-6-4-5-7-14(12)28/h4-10,24,28-29H,1-3H3. The van der Waals surface area contributed by atoms with Crippen LogP contribution in [0.1, 0.15) is 20.7 Å². The first-order chi connectivity index (χ1) is 16.6. The predicted molar refractivity (Wildman–Crippen MR) is 120 cm³/mol. The zero-order valence-electron chi connectivity index (χ0n) is 18.7. The molecule has 2 aromatic heterocycles. The number of benzene rings is 2. The van der Waals surface area contributed by atoms with Crippen LogP contribution in [-0.4, -0.2) is 40.8 Å². The fraction of sp³-hybridized carbons (Fsp3) is 0.136. The number of phenolic OH excluding ortho intramolecular Hbond substituents is 2. The average molecular weight is 481 g/mol. The number of carbonyl (C=O) groups excluding carboxylic acids is 2. The van der Waals surface area contributed by atoms with Crippen molar-refractivity contribution in [3.63, 3.8) is 0 Å². The summed E-state index contributed by atoms with van der Waals surface area (Å²) >= 11 is 0. The van der Waals surface area contributed by atoms with Crippen molar-refractivity contribution in [1.29, 1.82) is 0 Å². The molecule has 0 unspecified atom stereocenters. The molecule has 2 heterocycles. The molecule has 0 atom stereocenters. The fourth-order valence-electron chi connectivity index (χ4n) is 3.47. The van der Waals surface area contributed by atoms with Crippen LogP contribution in [0.3, 0.4) is 0 Å². The van der Waals surface area contributed by atoms with Crippen molar-refractivity contribution in [3.8, 4) is 22.9 Å². The van der Waals surface area contributed by atoms with Crippen LogP contribution < -0.4 is 16.9 Å². The number of nitrogens with zero attached hydrogens (tertiary/aromatic N) is 4. The molecule has 0 saturated heterocycles. The number of aromatic hydroxyl groups is 2. The molecule has 0 bridgehead atoms. The molecular formula is C22H19N5O8. The molecule has 0 saturated carbocycles. The molecule has 2 aromatic carbocycles. The number of phenols is 2. The highest BCUT2D eigenvalue weighted by Gasteiger charge is 2.21. The second-order valence-electron chi connectivity index (χ2n) is 7.48. The van der Waals surface area contributed by atoms with Crippen LogP contribution in [0.5, 0.6) is 11.5 Å². The molecule has 0 aliphatic rings. The van der Waals surface area contributed by atoms with Gasteiger partial charge in [0, 0.05) is 32.3 Å². The van der Waals surface area contributed by atoms with Crippen molar-refractivity contribution in [2.24, 2.45) is 21.1 Å². The number of nitrogens with one attached hydrogen (secondary N) is 1. The molecule has 4 rings (SSSR count). The molecule has 13 heteroatoms. The minimum absolute atomic E-state index is 0.144. The molecule has 4 aromatic rings. The number of imidazole rings is 1. The lowest BCUT2D eigenvalue weighted by Gasteiger charge is -2.09. The highest BCUT2D eigenvalue weighted by atomic mass is 16.9. The van der Waals surface area contributed by atoms with Gasteiger partial charge in [0.1, 0.15) is 28.5 Å². The molecule has 0 spiro atoms. The number of carbonyl (C=O) groups is 2. The number of hydrogen-bond donors (Lipinski definition) is 3. The molecule has 35 heavy (non-hydrogen) atoms. The summed E-state index contributed by atoms with van der Waals surface area (Å²) < 4.78 is 3.64. The van der Waals surface area contributed by atoms with Gasteiger partial charge in [-0.25, -0.2) is 19.4 Å². The second kappa shape index (κ2) is 8.79. The summed E-state index contributed by atoms with van der Waals surface area (Å²) in [5.74, 6) is -2.64. The summed E-state index contributed by atoms with van der Waals surface area (Å²) in [4.78, 5) is 62.9. The van der Waals surface area contributed by atoms with Crippen LogP contribution in [0.4, 0.5) is 0 Å². The molecule has 13 nitrogen and oxygen atoms in total. The normalized spacial score (nSPS) is 10.9. The molecular weight excluding hydrogens is 462 g/mol. The topological polar surface area (TPSA) is 167 Å². The van der Waals surface area contributed by atoms with E-state index < -0.39 is 28.9 Å². The van der Waals surface area contributed by atoms with E-state index in [0.29, 0.717) is 5.56 Å². The molecule has 0 aliphatic heterocycles. The number of fused-ring (bicyclic) bond motifs is 1. The van der Waals surface area contributed by atoms with Crippen LogP contribution in [-0.2, 0) is 30.8 Å². The monoisotopic (exact) mass is 481 g/mol. The van der Waals surface area contributed by atoms with Gasteiger partial charge in [0.05, 0.1) is 0 Å². The first kappa shape index (κ1) is 23.3. The summed E-state index contributed by atoms with van der Waals surface area (Å²) in [6.45, 7) is 0. The Morgan fingerprint density at radius 2 is 1.49 bits per heavy atom. The Labute approximate surface area is 195 Å². The van der Waals surface area contributed by atoms with E-state index in [1.165, 1.54) is 65.7 Å². The van der Waals surface area contributed by atoms with Crippen LogP contribution >= 0.6 is 0 Å². The van der Waals surface area contributed by atoms with Crippen molar-refractivity contribution in [2.45, 2.75) is 0 Å². The Balaban J connectivity index is 1.60. The van der Waals surface area contributed by atoms with E-state index in [1.807, 2.05) is 0 Å². The van der Waals surface area contributed by atoms with E-state index >= 15 is 0 Å². The molecule has 3 N–H and O–H groups in total. The van der Waals surface area contributed by atoms with Gasteiger partial charge < -0.3 is 24.5 Å². The van der Waals surface area contributed by atoms with Gasteiger partial charge in [-0.2, -0.15) is 0 Å². The lowest BCUT2D eigenvalue weighted by atomic mass is 10.1. The van der Waals surface area contributed by atoms with Crippen LogP contribution in [0.25, 0.3) is 22.6 Å². The third-order valence-corrected chi connectivity index (χ3v) is 5.34. The Morgan fingerprint density at radius 1 is 0.857 bits per heavy atom. The van der Waals surface area contributed by atoms with Crippen molar-refractivity contribution in [3.05, 3.63) is 74.4 Å². The predicted octanol–water partition coefficient (Wildman–Crippen LogP) is 0.482. The van der Waals surface area contributed by atoms with Crippen molar-refractivity contribution >= 4 is 23.1 Å². The van der Waals surface area contributed by atoms with Crippen molar-refractivity contribution in [2.75, 3.05) is 0 Å². The SMILES string of the molecule is Cn1c(=O)c2c(nc(-c3ccc(O)c(C(=O)ONOC(=O)c4ccccc4O)c3)n2C)n(C)c1=O. The highest BCUT2D eigenvalue weighted by molar-refractivity contribution is 5.94. The van der Waals surface area contributed by atoms with Gasteiger partial charge in [-0.15, -0.1) is 0 Å². The third kappa shape index (κ3) is 4.00. The van der Waals surface area contributed by atoms with Crippen molar-refractivity contribution in [1.82, 2.24) is 24.3 Å². The minimum atomic E-state index is -1.10. The summed E-state index contributed by atoms with van der Waals surface area (Å²) in [6, 6.07) is 9.53. The van der Waals surface area contributed by atoms with E-state index in [2.05, 4.69) is 9.82 Å². The molecule has 0 fully saturated rings. The van der Waals surface area contributed by atoms with E-state index in [1.54, 1.807) is 12.7 Å². The van der Waals surface area contributed by atoms with Gasteiger partial charge in [0.15, 0.2) is 11.2 Å². The number of hydrogen-bond acceptors (Lipinski definition) is 10. The molecule has 0 aliphatic carbocycles. The van der Waals surface area contributed by atoms with Crippen molar-refractivity contribution < 1.29 is 29.5 Å². The maximum absolute atomic E-state index is 12.6. The first-order valence-electron chi connectivity index (χ1n) is 10.0. The van der Waals surface area contributed by atoms with Gasteiger partial charge in [-0.3, -0.25) is 13.9 Å². The van der Waals surface area contributed by atoms with E-state index in [4.69, 9.17) is 4.84 Å². The Hall–Kier alpha value is -4.91. The van der Waals surface area contributed by atoms with Gasteiger partial charge in [0.2, 0.25) is 0 Å². The zero-order valence-corrected chi connectivity index (χ0v) is 18.7. The largest absolute Gasteiger partial charge is 0.507 e. The number of aryl methyl sites for hydroxylation is 2. The smallest absolute Gasteiger partial charge is 0.363 e. The number of aromatic nitrogens is 4. The summed E-state index contributed by atoms with van der Waals surface area (Å²) in [5.41, 5.74) is 0.810. The van der Waals surface area contributed by atoms with E-state index in [-0.39, 0.29) is 33.9 Å².